The van der Waals surface area contributed by atoms with E-state index in [2.05, 4.69) is 30.7 Å². The maximum absolute atomic E-state index is 13.8. The smallest absolute Gasteiger partial charge is 0.317 e. The quantitative estimate of drug-likeness (QED) is 0.553. The van der Waals surface area contributed by atoms with E-state index in [1.165, 1.54) is 15.7 Å². The molecule has 0 atom stereocenters. The molecule has 1 aromatic heterocycles. The number of nitrogens with zero attached hydrogens (tertiary/aromatic N) is 5. The number of benzene rings is 1. The number of hydrogen-bond donors (Lipinski definition) is 1. The number of imidazole rings is 1. The van der Waals surface area contributed by atoms with Crippen LogP contribution in [0.1, 0.15) is 66.1 Å². The molecular formula is C27H42F2N6O3S. The molecule has 2 fully saturated rings. The minimum Gasteiger partial charge on any atom is -0.336 e. The second-order valence-electron chi connectivity index (χ2n) is 12.2. The summed E-state index contributed by atoms with van der Waals surface area (Å²) in [6.45, 7) is 11.5. The Morgan fingerprint density at radius 3 is 2.33 bits per heavy atom. The van der Waals surface area contributed by atoms with Gasteiger partial charge in [0.1, 0.15) is 11.3 Å². The molecule has 39 heavy (non-hydrogen) atoms. The summed E-state index contributed by atoms with van der Waals surface area (Å²) in [6, 6.07) is 5.30. The van der Waals surface area contributed by atoms with Crippen LogP contribution in [0.25, 0.3) is 11.0 Å². The van der Waals surface area contributed by atoms with Crippen molar-refractivity contribution < 1.29 is 22.0 Å². The number of hydrogen-bond acceptors (Lipinski definition) is 4. The van der Waals surface area contributed by atoms with E-state index in [-0.39, 0.29) is 49.3 Å². The largest absolute Gasteiger partial charge is 0.336 e. The van der Waals surface area contributed by atoms with E-state index in [9.17, 15) is 22.0 Å². The molecule has 2 heterocycles. The number of para-hydroxylation sites is 1. The fourth-order valence-corrected chi connectivity index (χ4v) is 6.81. The SMILES string of the molecule is CC(C)NC(=O)N1CCN(S(=O)(=O)N(C)c2cccc3c2nc(C(C)(C)C)n3CC2CCC(F)(F)CC2)CC1. The van der Waals surface area contributed by atoms with Crippen molar-refractivity contribution in [3.63, 3.8) is 0 Å². The molecule has 1 saturated carbocycles. The van der Waals surface area contributed by atoms with Crippen molar-refractivity contribution in [2.75, 3.05) is 37.5 Å². The number of aromatic nitrogens is 2. The number of fused-ring (bicyclic) bond motifs is 1. The molecule has 1 saturated heterocycles. The molecule has 2 aliphatic rings. The Bertz CT molecular complexity index is 1290. The van der Waals surface area contributed by atoms with Crippen LogP contribution in [0, 0.1) is 5.92 Å². The highest BCUT2D eigenvalue weighted by atomic mass is 32.2. The second-order valence-corrected chi connectivity index (χ2v) is 14.2. The van der Waals surface area contributed by atoms with Crippen LogP contribution in [-0.2, 0) is 22.2 Å². The summed E-state index contributed by atoms with van der Waals surface area (Å²) in [5.74, 6) is -1.68. The molecule has 1 N–H and O–H groups in total. The first-order valence-electron chi connectivity index (χ1n) is 13.8. The predicted octanol–water partition coefficient (Wildman–Crippen LogP) is 4.58. The fraction of sp³-hybridized carbons (Fsp3) is 0.704. The molecule has 2 aromatic rings. The molecule has 4 rings (SSSR count). The summed E-state index contributed by atoms with van der Waals surface area (Å²) in [5.41, 5.74) is 1.50. The first kappa shape index (κ1) is 29.5. The van der Waals surface area contributed by atoms with E-state index in [1.807, 2.05) is 26.0 Å². The number of carbonyl (C=O) groups excluding carboxylic acids is 1. The highest BCUT2D eigenvalue weighted by Crippen LogP contribution is 2.39. The molecule has 1 aliphatic carbocycles. The van der Waals surface area contributed by atoms with E-state index in [1.54, 1.807) is 11.0 Å². The lowest BCUT2D eigenvalue weighted by Gasteiger charge is -2.36. The van der Waals surface area contributed by atoms with Gasteiger partial charge in [0.15, 0.2) is 0 Å². The third kappa shape index (κ3) is 6.32. The highest BCUT2D eigenvalue weighted by Gasteiger charge is 2.37. The van der Waals surface area contributed by atoms with Crippen LogP contribution in [0.4, 0.5) is 19.3 Å². The molecule has 0 bridgehead atoms. The van der Waals surface area contributed by atoms with E-state index in [0.29, 0.717) is 43.7 Å². The van der Waals surface area contributed by atoms with E-state index >= 15 is 0 Å². The molecule has 218 valence electrons. The van der Waals surface area contributed by atoms with Gasteiger partial charge in [0.2, 0.25) is 5.92 Å². The maximum Gasteiger partial charge on any atom is 0.317 e. The van der Waals surface area contributed by atoms with Crippen LogP contribution in [0.5, 0.6) is 0 Å². The molecule has 1 aromatic carbocycles. The number of urea groups is 1. The zero-order valence-electron chi connectivity index (χ0n) is 23.9. The highest BCUT2D eigenvalue weighted by molar-refractivity contribution is 7.90. The monoisotopic (exact) mass is 568 g/mol. The normalized spacial score (nSPS) is 19.6. The van der Waals surface area contributed by atoms with Gasteiger partial charge in [-0.05, 0) is 44.7 Å². The molecule has 2 amide bonds. The number of carbonyl (C=O) groups is 1. The molecule has 9 nitrogen and oxygen atoms in total. The van der Waals surface area contributed by atoms with Gasteiger partial charge in [-0.25, -0.2) is 18.6 Å². The fourth-order valence-electron chi connectivity index (χ4n) is 5.44. The lowest BCUT2D eigenvalue weighted by Crippen LogP contribution is -2.56. The lowest BCUT2D eigenvalue weighted by molar-refractivity contribution is -0.0473. The molecule has 0 radical (unpaired) electrons. The van der Waals surface area contributed by atoms with Gasteiger partial charge < -0.3 is 14.8 Å². The third-order valence-electron chi connectivity index (χ3n) is 7.66. The van der Waals surface area contributed by atoms with Crippen LogP contribution in [-0.4, -0.2) is 78.4 Å². The number of amides is 2. The van der Waals surface area contributed by atoms with E-state index in [4.69, 9.17) is 4.98 Å². The Hall–Kier alpha value is -2.47. The van der Waals surface area contributed by atoms with Gasteiger partial charge in [0.05, 0.1) is 11.2 Å². The number of anilines is 1. The maximum atomic E-state index is 13.8. The van der Waals surface area contributed by atoms with Gasteiger partial charge in [0.25, 0.3) is 0 Å². The standard InChI is InChI=1S/C27H42F2N6O3S/c1-19(2)30-25(36)33-14-16-34(17-15-33)39(37,38)32(6)21-8-7-9-22-23(21)31-24(26(3,4)5)35(22)18-20-10-12-27(28,29)13-11-20/h7-9,19-20H,10-18H2,1-6H3,(H,30,36). The van der Waals surface area contributed by atoms with Gasteiger partial charge in [-0.3, -0.25) is 4.31 Å². The van der Waals surface area contributed by atoms with E-state index in [0.717, 1.165) is 11.3 Å². The van der Waals surface area contributed by atoms with Crippen LogP contribution in [0.15, 0.2) is 18.2 Å². The number of halogens is 2. The zero-order chi connectivity index (χ0) is 28.8. The van der Waals surface area contributed by atoms with Gasteiger partial charge in [-0.2, -0.15) is 12.7 Å². The van der Waals surface area contributed by atoms with Crippen molar-refractivity contribution in [1.82, 2.24) is 24.1 Å². The molecule has 12 heteroatoms. The average molecular weight is 569 g/mol. The Kier molecular flexibility index (Phi) is 8.20. The minimum absolute atomic E-state index is 0.00254. The molecular weight excluding hydrogens is 526 g/mol. The van der Waals surface area contributed by atoms with Crippen molar-refractivity contribution in [3.05, 3.63) is 24.0 Å². The van der Waals surface area contributed by atoms with Crippen LogP contribution < -0.4 is 9.62 Å². The van der Waals surface area contributed by atoms with E-state index < -0.39 is 16.1 Å². The zero-order valence-corrected chi connectivity index (χ0v) is 24.7. The molecule has 1 aliphatic heterocycles. The summed E-state index contributed by atoms with van der Waals surface area (Å²) in [7, 11) is -2.35. The van der Waals surface area contributed by atoms with Gasteiger partial charge in [0, 0.05) is 64.1 Å². The summed E-state index contributed by atoms with van der Waals surface area (Å²) in [4.78, 5) is 18.9. The second kappa shape index (κ2) is 10.8. The van der Waals surface area contributed by atoms with Gasteiger partial charge in [-0.15, -0.1) is 0 Å². The lowest BCUT2D eigenvalue weighted by atomic mass is 9.86. The minimum atomic E-state index is -3.88. The molecule has 0 unspecified atom stereocenters. The van der Waals surface area contributed by atoms with Crippen LogP contribution in [0.2, 0.25) is 0 Å². The number of nitrogens with one attached hydrogen (secondary N) is 1. The van der Waals surface area contributed by atoms with Gasteiger partial charge in [-0.1, -0.05) is 26.8 Å². The average Bonchev–Trinajstić information content (AvgIpc) is 3.23. The summed E-state index contributed by atoms with van der Waals surface area (Å²) >= 11 is 0. The third-order valence-corrected chi connectivity index (χ3v) is 9.56. The number of alkyl halides is 2. The van der Waals surface area contributed by atoms with Crippen molar-refractivity contribution in [3.8, 4) is 0 Å². The first-order valence-corrected chi connectivity index (χ1v) is 15.2. The van der Waals surface area contributed by atoms with Crippen molar-refractivity contribution in [2.45, 2.75) is 84.2 Å². The Morgan fingerprint density at radius 2 is 1.77 bits per heavy atom. The van der Waals surface area contributed by atoms with Gasteiger partial charge >= 0.3 is 16.2 Å². The van der Waals surface area contributed by atoms with Crippen molar-refractivity contribution in [1.29, 1.82) is 0 Å². The molecule has 0 spiro atoms. The van der Waals surface area contributed by atoms with Crippen LogP contribution >= 0.6 is 0 Å². The topological polar surface area (TPSA) is 90.8 Å². The number of piperazine rings is 1. The van der Waals surface area contributed by atoms with Crippen LogP contribution in [0.3, 0.4) is 0 Å². The Balaban J connectivity index is 1.60. The van der Waals surface area contributed by atoms with Crippen molar-refractivity contribution >= 4 is 33.0 Å². The Labute approximate surface area is 230 Å². The first-order chi connectivity index (χ1) is 18.1. The van der Waals surface area contributed by atoms with Crippen molar-refractivity contribution in [2.24, 2.45) is 5.92 Å². The summed E-state index contributed by atoms with van der Waals surface area (Å²) < 4.78 is 59.7. The number of rotatable bonds is 6. The Morgan fingerprint density at radius 1 is 1.15 bits per heavy atom. The summed E-state index contributed by atoms with van der Waals surface area (Å²) in [5, 5.41) is 2.85. The predicted molar refractivity (Wildman–Crippen MR) is 149 cm³/mol. The summed E-state index contributed by atoms with van der Waals surface area (Å²) in [6.07, 6.45) is 0.693.